The van der Waals surface area contributed by atoms with E-state index >= 15 is 0 Å². The zero-order valence-corrected chi connectivity index (χ0v) is 18.1. The number of carbonyl (C=O) groups is 2. The van der Waals surface area contributed by atoms with Crippen LogP contribution in [0.15, 0.2) is 35.2 Å². The molecule has 2 aromatic rings. The van der Waals surface area contributed by atoms with Gasteiger partial charge in [-0.2, -0.15) is 0 Å². The van der Waals surface area contributed by atoms with Crippen molar-refractivity contribution < 1.29 is 23.5 Å². The Labute approximate surface area is 182 Å². The van der Waals surface area contributed by atoms with E-state index < -0.39 is 0 Å². The van der Waals surface area contributed by atoms with Crippen LogP contribution in [-0.4, -0.2) is 59.7 Å². The van der Waals surface area contributed by atoms with Gasteiger partial charge in [0.05, 0.1) is 26.0 Å². The number of piperidine rings is 1. The summed E-state index contributed by atoms with van der Waals surface area (Å²) in [7, 11) is 1.65. The molecule has 0 atom stereocenters. The Hall–Kier alpha value is -2.65. The van der Waals surface area contributed by atoms with Gasteiger partial charge in [-0.05, 0) is 31.4 Å². The van der Waals surface area contributed by atoms with Crippen molar-refractivity contribution >= 4 is 11.8 Å². The average molecular weight is 433 g/mol. The van der Waals surface area contributed by atoms with E-state index in [0.717, 1.165) is 24.4 Å². The average Bonchev–Trinajstić information content (AvgIpc) is 3.47. The lowest BCUT2D eigenvalue weighted by Gasteiger charge is -2.32. The minimum Gasteiger partial charge on any atom is -0.467 e. The Morgan fingerprint density at radius 1 is 1.26 bits per heavy atom. The van der Waals surface area contributed by atoms with Crippen LogP contribution in [0.3, 0.4) is 0 Å². The van der Waals surface area contributed by atoms with Gasteiger partial charge >= 0.3 is 0 Å². The molecule has 3 rings (SSSR count). The van der Waals surface area contributed by atoms with E-state index in [-0.39, 0.29) is 11.8 Å². The Kier molecular flexibility index (Phi) is 9.11. The quantitative estimate of drug-likeness (QED) is 0.517. The summed E-state index contributed by atoms with van der Waals surface area (Å²) < 4.78 is 17.8. The SMILES string of the molecule is COCCOCn1ccnc1C1CCN(C(=O)CCCC(=O)NCc2ccco2)CC1. The van der Waals surface area contributed by atoms with Crippen LogP contribution in [0.2, 0.25) is 0 Å². The maximum absolute atomic E-state index is 12.5. The highest BCUT2D eigenvalue weighted by molar-refractivity contribution is 5.79. The van der Waals surface area contributed by atoms with Crippen molar-refractivity contribution in [3.8, 4) is 0 Å². The van der Waals surface area contributed by atoms with Crippen LogP contribution in [0.4, 0.5) is 0 Å². The maximum Gasteiger partial charge on any atom is 0.222 e. The first-order valence-electron chi connectivity index (χ1n) is 10.8. The minimum absolute atomic E-state index is 0.0672. The maximum atomic E-state index is 12.5. The number of methoxy groups -OCH3 is 1. The number of rotatable bonds is 12. The van der Waals surface area contributed by atoms with Gasteiger partial charge in [-0.1, -0.05) is 0 Å². The number of hydrogen-bond acceptors (Lipinski definition) is 6. The fourth-order valence-electron chi connectivity index (χ4n) is 3.73. The highest BCUT2D eigenvalue weighted by Gasteiger charge is 2.26. The summed E-state index contributed by atoms with van der Waals surface area (Å²) >= 11 is 0. The van der Waals surface area contributed by atoms with Gasteiger partial charge < -0.3 is 28.7 Å². The highest BCUT2D eigenvalue weighted by atomic mass is 16.5. The van der Waals surface area contributed by atoms with Crippen molar-refractivity contribution in [3.05, 3.63) is 42.4 Å². The molecule has 0 aromatic carbocycles. The second-order valence-electron chi connectivity index (χ2n) is 7.65. The molecule has 0 aliphatic carbocycles. The van der Waals surface area contributed by atoms with E-state index in [9.17, 15) is 9.59 Å². The summed E-state index contributed by atoms with van der Waals surface area (Å²) in [6.45, 7) is 3.37. The van der Waals surface area contributed by atoms with Crippen LogP contribution in [0.25, 0.3) is 0 Å². The number of nitrogens with zero attached hydrogens (tertiary/aromatic N) is 3. The number of imidazole rings is 1. The lowest BCUT2D eigenvalue weighted by atomic mass is 9.95. The topological polar surface area (TPSA) is 98.8 Å². The number of carbonyl (C=O) groups excluding carboxylic acids is 2. The van der Waals surface area contributed by atoms with Gasteiger partial charge in [-0.3, -0.25) is 9.59 Å². The van der Waals surface area contributed by atoms with Crippen LogP contribution in [0.5, 0.6) is 0 Å². The lowest BCUT2D eigenvalue weighted by molar-refractivity contribution is -0.132. The number of ether oxygens (including phenoxy) is 2. The molecule has 1 N–H and O–H groups in total. The van der Waals surface area contributed by atoms with Crippen LogP contribution < -0.4 is 5.32 Å². The van der Waals surface area contributed by atoms with E-state index in [1.165, 1.54) is 0 Å². The van der Waals surface area contributed by atoms with Crippen molar-refractivity contribution in [2.24, 2.45) is 0 Å². The number of likely N-dealkylation sites (tertiary alicyclic amines) is 1. The molecule has 9 nitrogen and oxygen atoms in total. The molecule has 2 amide bonds. The molecular weight excluding hydrogens is 400 g/mol. The van der Waals surface area contributed by atoms with Crippen molar-refractivity contribution in [1.82, 2.24) is 19.8 Å². The van der Waals surface area contributed by atoms with Gasteiger partial charge in [-0.25, -0.2) is 4.98 Å². The molecule has 9 heteroatoms. The first-order chi connectivity index (χ1) is 15.2. The van der Waals surface area contributed by atoms with Crippen molar-refractivity contribution in [3.63, 3.8) is 0 Å². The smallest absolute Gasteiger partial charge is 0.222 e. The van der Waals surface area contributed by atoms with Gasteiger partial charge in [0.1, 0.15) is 18.3 Å². The van der Waals surface area contributed by atoms with E-state index in [0.29, 0.717) is 64.8 Å². The highest BCUT2D eigenvalue weighted by Crippen LogP contribution is 2.27. The van der Waals surface area contributed by atoms with Crippen LogP contribution in [-0.2, 0) is 32.3 Å². The lowest BCUT2D eigenvalue weighted by Crippen LogP contribution is -2.38. The fourth-order valence-corrected chi connectivity index (χ4v) is 3.73. The Morgan fingerprint density at radius 2 is 2.10 bits per heavy atom. The largest absolute Gasteiger partial charge is 0.467 e. The normalized spacial score (nSPS) is 14.7. The van der Waals surface area contributed by atoms with E-state index in [1.807, 2.05) is 21.7 Å². The monoisotopic (exact) mass is 432 g/mol. The molecular formula is C22H32N4O5. The number of amides is 2. The van der Waals surface area contributed by atoms with Crippen LogP contribution in [0.1, 0.15) is 49.6 Å². The van der Waals surface area contributed by atoms with E-state index in [2.05, 4.69) is 10.3 Å². The molecule has 0 saturated carbocycles. The molecule has 0 bridgehead atoms. The number of aromatic nitrogens is 2. The van der Waals surface area contributed by atoms with Gasteiger partial charge in [-0.15, -0.1) is 0 Å². The summed E-state index contributed by atoms with van der Waals surface area (Å²) in [6, 6.07) is 3.60. The summed E-state index contributed by atoms with van der Waals surface area (Å²) in [5.41, 5.74) is 0. The second-order valence-corrected chi connectivity index (χ2v) is 7.65. The molecule has 0 radical (unpaired) electrons. The van der Waals surface area contributed by atoms with Gasteiger partial charge in [0.25, 0.3) is 0 Å². The van der Waals surface area contributed by atoms with Gasteiger partial charge in [0, 0.05) is 51.4 Å². The molecule has 1 fully saturated rings. The number of nitrogens with one attached hydrogen (secondary N) is 1. The zero-order valence-electron chi connectivity index (χ0n) is 18.1. The molecule has 2 aromatic heterocycles. The summed E-state index contributed by atoms with van der Waals surface area (Å²) in [5, 5.41) is 2.80. The Bertz CT molecular complexity index is 797. The molecule has 31 heavy (non-hydrogen) atoms. The Morgan fingerprint density at radius 3 is 2.84 bits per heavy atom. The van der Waals surface area contributed by atoms with Gasteiger partial charge in [0.15, 0.2) is 0 Å². The molecule has 0 unspecified atom stereocenters. The molecule has 1 aliphatic heterocycles. The fraction of sp³-hybridized carbons (Fsp3) is 0.591. The predicted octanol–water partition coefficient (Wildman–Crippen LogP) is 2.29. The standard InChI is InChI=1S/C22H32N4O5/c1-29-14-15-30-17-26-12-9-23-22(26)18-7-10-25(11-8-18)21(28)6-2-5-20(27)24-16-19-4-3-13-31-19/h3-4,9,12-13,18H,2,5-8,10-11,14-17H2,1H3,(H,24,27). The van der Waals surface area contributed by atoms with E-state index in [4.69, 9.17) is 13.9 Å². The Balaban J connectivity index is 1.33. The summed E-state index contributed by atoms with van der Waals surface area (Å²) in [5.74, 6) is 2.09. The van der Waals surface area contributed by atoms with Crippen molar-refractivity contribution in [2.75, 3.05) is 33.4 Å². The third-order valence-electron chi connectivity index (χ3n) is 5.46. The number of hydrogen-bond donors (Lipinski definition) is 1. The molecule has 1 aliphatic rings. The first kappa shape index (κ1) is 23.0. The van der Waals surface area contributed by atoms with Crippen molar-refractivity contribution in [2.45, 2.75) is 51.3 Å². The molecule has 1 saturated heterocycles. The summed E-state index contributed by atoms with van der Waals surface area (Å²) in [4.78, 5) is 30.8. The van der Waals surface area contributed by atoms with Crippen LogP contribution >= 0.6 is 0 Å². The van der Waals surface area contributed by atoms with Crippen LogP contribution in [0, 0.1) is 0 Å². The first-order valence-corrected chi connectivity index (χ1v) is 10.8. The molecule has 0 spiro atoms. The van der Waals surface area contributed by atoms with Gasteiger partial charge in [0.2, 0.25) is 11.8 Å². The van der Waals surface area contributed by atoms with E-state index in [1.54, 1.807) is 25.6 Å². The van der Waals surface area contributed by atoms with Crippen molar-refractivity contribution in [1.29, 1.82) is 0 Å². The third-order valence-corrected chi connectivity index (χ3v) is 5.46. The molecule has 3 heterocycles. The minimum atomic E-state index is -0.0672. The molecule has 170 valence electrons. The third kappa shape index (κ3) is 7.22. The predicted molar refractivity (Wildman–Crippen MR) is 113 cm³/mol. The summed E-state index contributed by atoms with van der Waals surface area (Å²) in [6.07, 6.45) is 8.33. The second kappa shape index (κ2) is 12.3. The number of furan rings is 1. The zero-order chi connectivity index (χ0) is 21.9.